The zero-order valence-corrected chi connectivity index (χ0v) is 11.3. The van der Waals surface area contributed by atoms with Crippen LogP contribution < -0.4 is 4.72 Å². The molecule has 1 saturated carbocycles. The molecular weight excluding hydrogens is 238 g/mol. The SMILES string of the molecule is Cc1ncc(S(=O)(=O)NC2CCCC2(C)C)[nH]1. The van der Waals surface area contributed by atoms with Gasteiger partial charge in [0.25, 0.3) is 10.0 Å². The second-order valence-corrected chi connectivity index (χ2v) is 7.07. The highest BCUT2D eigenvalue weighted by Crippen LogP contribution is 2.37. The van der Waals surface area contributed by atoms with Crippen molar-refractivity contribution in [3.05, 3.63) is 12.0 Å². The van der Waals surface area contributed by atoms with E-state index < -0.39 is 10.0 Å². The van der Waals surface area contributed by atoms with Crippen LogP contribution in [-0.2, 0) is 10.0 Å². The van der Waals surface area contributed by atoms with Gasteiger partial charge in [0.2, 0.25) is 0 Å². The van der Waals surface area contributed by atoms with Crippen LogP contribution in [0.5, 0.6) is 0 Å². The Hall–Kier alpha value is -0.880. The first-order valence-electron chi connectivity index (χ1n) is 5.85. The first kappa shape index (κ1) is 12.6. The quantitative estimate of drug-likeness (QED) is 0.863. The fourth-order valence-corrected chi connectivity index (χ4v) is 3.74. The van der Waals surface area contributed by atoms with Crippen molar-refractivity contribution in [2.75, 3.05) is 0 Å². The third-order valence-electron chi connectivity index (χ3n) is 3.52. The maximum absolute atomic E-state index is 12.1. The van der Waals surface area contributed by atoms with Gasteiger partial charge in [-0.25, -0.2) is 18.1 Å². The van der Waals surface area contributed by atoms with Crippen LogP contribution in [-0.4, -0.2) is 24.4 Å². The minimum Gasteiger partial charge on any atom is -0.332 e. The molecule has 0 amide bonds. The fourth-order valence-electron chi connectivity index (χ4n) is 2.33. The summed E-state index contributed by atoms with van der Waals surface area (Å²) >= 11 is 0. The minimum atomic E-state index is -3.46. The Labute approximate surface area is 102 Å². The molecule has 96 valence electrons. The lowest BCUT2D eigenvalue weighted by Gasteiger charge is -2.27. The van der Waals surface area contributed by atoms with Gasteiger partial charge in [-0.1, -0.05) is 20.3 Å². The van der Waals surface area contributed by atoms with Crippen molar-refractivity contribution in [2.24, 2.45) is 5.41 Å². The van der Waals surface area contributed by atoms with Crippen LogP contribution in [0.25, 0.3) is 0 Å². The van der Waals surface area contributed by atoms with Gasteiger partial charge in [-0.05, 0) is 25.2 Å². The summed E-state index contributed by atoms with van der Waals surface area (Å²) < 4.78 is 27.0. The van der Waals surface area contributed by atoms with Gasteiger partial charge >= 0.3 is 0 Å². The molecule has 2 N–H and O–H groups in total. The second kappa shape index (κ2) is 4.10. The zero-order valence-electron chi connectivity index (χ0n) is 10.4. The van der Waals surface area contributed by atoms with E-state index in [9.17, 15) is 8.42 Å². The molecule has 0 aromatic carbocycles. The van der Waals surface area contributed by atoms with E-state index in [1.807, 2.05) is 0 Å². The van der Waals surface area contributed by atoms with E-state index in [4.69, 9.17) is 0 Å². The monoisotopic (exact) mass is 257 g/mol. The molecule has 1 atom stereocenters. The van der Waals surface area contributed by atoms with E-state index in [0.717, 1.165) is 19.3 Å². The predicted octanol–water partition coefficient (Wildman–Crippen LogP) is 1.58. The molecule has 1 aromatic heterocycles. The van der Waals surface area contributed by atoms with E-state index in [0.29, 0.717) is 5.82 Å². The normalized spacial score (nSPS) is 24.1. The Morgan fingerprint density at radius 1 is 1.53 bits per heavy atom. The summed E-state index contributed by atoms with van der Waals surface area (Å²) in [6.07, 6.45) is 4.39. The lowest BCUT2D eigenvalue weighted by atomic mass is 9.88. The van der Waals surface area contributed by atoms with Gasteiger partial charge < -0.3 is 4.98 Å². The lowest BCUT2D eigenvalue weighted by Crippen LogP contribution is -2.41. The summed E-state index contributed by atoms with van der Waals surface area (Å²) in [6.45, 7) is 5.94. The molecule has 17 heavy (non-hydrogen) atoms. The van der Waals surface area contributed by atoms with Gasteiger partial charge in [-0.3, -0.25) is 0 Å². The smallest absolute Gasteiger partial charge is 0.257 e. The first-order valence-corrected chi connectivity index (χ1v) is 7.33. The van der Waals surface area contributed by atoms with Crippen LogP contribution >= 0.6 is 0 Å². The molecule has 0 aliphatic heterocycles. The predicted molar refractivity (Wildman–Crippen MR) is 65.1 cm³/mol. The molecule has 2 rings (SSSR count). The van der Waals surface area contributed by atoms with E-state index in [1.165, 1.54) is 6.20 Å². The van der Waals surface area contributed by atoms with Crippen molar-refractivity contribution in [1.82, 2.24) is 14.7 Å². The number of imidazole rings is 1. The molecule has 5 nitrogen and oxygen atoms in total. The van der Waals surface area contributed by atoms with Gasteiger partial charge in [0, 0.05) is 6.04 Å². The van der Waals surface area contributed by atoms with E-state index in [-0.39, 0.29) is 16.5 Å². The molecule has 1 aromatic rings. The first-order chi connectivity index (χ1) is 7.81. The average molecular weight is 257 g/mol. The number of aromatic amines is 1. The summed E-state index contributed by atoms with van der Waals surface area (Å²) in [4.78, 5) is 6.68. The number of nitrogens with one attached hydrogen (secondary N) is 2. The molecule has 0 saturated heterocycles. The van der Waals surface area contributed by atoms with Crippen molar-refractivity contribution in [1.29, 1.82) is 0 Å². The molecule has 1 aliphatic rings. The van der Waals surface area contributed by atoms with Crippen LogP contribution in [0.3, 0.4) is 0 Å². The summed E-state index contributed by atoms with van der Waals surface area (Å²) in [5.74, 6) is 0.607. The molecule has 1 aliphatic carbocycles. The standard InChI is InChI=1S/C11H19N3O2S/c1-8-12-7-10(13-8)17(15,16)14-9-5-4-6-11(9,2)3/h7,9,14H,4-6H2,1-3H3,(H,12,13). The van der Waals surface area contributed by atoms with Crippen LogP contribution in [0.1, 0.15) is 38.9 Å². The van der Waals surface area contributed by atoms with E-state index in [1.54, 1.807) is 6.92 Å². The highest BCUT2D eigenvalue weighted by Gasteiger charge is 2.37. The molecule has 1 fully saturated rings. The number of hydrogen-bond acceptors (Lipinski definition) is 3. The number of nitrogens with zero attached hydrogens (tertiary/aromatic N) is 1. The molecule has 1 unspecified atom stereocenters. The molecular formula is C11H19N3O2S. The van der Waals surface area contributed by atoms with E-state index >= 15 is 0 Å². The van der Waals surface area contributed by atoms with Crippen molar-refractivity contribution >= 4 is 10.0 Å². The molecule has 1 heterocycles. The van der Waals surface area contributed by atoms with Crippen molar-refractivity contribution < 1.29 is 8.42 Å². The average Bonchev–Trinajstić information content (AvgIpc) is 2.74. The Morgan fingerprint density at radius 3 is 2.71 bits per heavy atom. The third kappa shape index (κ3) is 2.52. The van der Waals surface area contributed by atoms with E-state index in [2.05, 4.69) is 28.5 Å². The van der Waals surface area contributed by atoms with Gasteiger partial charge in [0.1, 0.15) is 5.82 Å². The molecule has 6 heteroatoms. The number of aromatic nitrogens is 2. The Morgan fingerprint density at radius 2 is 2.24 bits per heavy atom. The van der Waals surface area contributed by atoms with Crippen LogP contribution in [0, 0.1) is 12.3 Å². The van der Waals surface area contributed by atoms with Gasteiger partial charge in [-0.2, -0.15) is 0 Å². The van der Waals surface area contributed by atoms with Crippen LogP contribution in [0.15, 0.2) is 11.2 Å². The summed E-state index contributed by atoms with van der Waals surface area (Å²) in [5, 5.41) is 0.151. The fraction of sp³-hybridized carbons (Fsp3) is 0.727. The van der Waals surface area contributed by atoms with Gasteiger partial charge in [-0.15, -0.1) is 0 Å². The largest absolute Gasteiger partial charge is 0.332 e. The topological polar surface area (TPSA) is 74.8 Å². The Bertz CT molecular complexity index is 505. The highest BCUT2D eigenvalue weighted by atomic mass is 32.2. The van der Waals surface area contributed by atoms with Crippen molar-refractivity contribution in [3.63, 3.8) is 0 Å². The van der Waals surface area contributed by atoms with Gasteiger partial charge in [0.15, 0.2) is 5.03 Å². The maximum atomic E-state index is 12.1. The third-order valence-corrected chi connectivity index (χ3v) is 4.91. The van der Waals surface area contributed by atoms with Crippen LogP contribution in [0.2, 0.25) is 0 Å². The van der Waals surface area contributed by atoms with Gasteiger partial charge in [0.05, 0.1) is 6.20 Å². The number of H-pyrrole nitrogens is 1. The summed E-state index contributed by atoms with van der Waals surface area (Å²) in [5.41, 5.74) is 0.0299. The summed E-state index contributed by atoms with van der Waals surface area (Å²) in [7, 11) is -3.46. The number of aryl methyl sites for hydroxylation is 1. The second-order valence-electron chi connectivity index (χ2n) is 5.39. The maximum Gasteiger partial charge on any atom is 0.257 e. The number of hydrogen-bond donors (Lipinski definition) is 2. The highest BCUT2D eigenvalue weighted by molar-refractivity contribution is 7.89. The van der Waals surface area contributed by atoms with Crippen LogP contribution in [0.4, 0.5) is 0 Å². The Balaban J connectivity index is 2.18. The number of sulfonamides is 1. The number of rotatable bonds is 3. The summed E-state index contributed by atoms with van der Waals surface area (Å²) in [6, 6.07) is 0.0103. The molecule has 0 bridgehead atoms. The van der Waals surface area contributed by atoms with Crippen molar-refractivity contribution in [3.8, 4) is 0 Å². The Kier molecular flexibility index (Phi) is 3.03. The minimum absolute atomic E-state index is 0.0103. The zero-order chi connectivity index (χ0) is 12.7. The molecule has 0 radical (unpaired) electrons. The van der Waals surface area contributed by atoms with Crippen molar-refractivity contribution in [2.45, 2.75) is 51.1 Å². The lowest BCUT2D eigenvalue weighted by molar-refractivity contribution is 0.312. The molecule has 0 spiro atoms.